The summed E-state index contributed by atoms with van der Waals surface area (Å²) in [4.78, 5) is 8.38. The maximum absolute atomic E-state index is 5.74. The van der Waals surface area contributed by atoms with Gasteiger partial charge in [0.25, 0.3) is 0 Å². The molecule has 0 spiro atoms. The van der Waals surface area contributed by atoms with Gasteiger partial charge in [0.1, 0.15) is 0 Å². The van der Waals surface area contributed by atoms with E-state index in [1.807, 2.05) is 18.2 Å². The molecule has 2 rings (SSSR count). The molecule has 70 valence electrons. The quantitative estimate of drug-likeness (QED) is 0.791. The Morgan fingerprint density at radius 2 is 1.93 bits per heavy atom. The summed E-state index contributed by atoms with van der Waals surface area (Å²) in [5.74, 6) is 0. The first-order valence-corrected chi connectivity index (χ1v) is 5.16. The van der Waals surface area contributed by atoms with Gasteiger partial charge in [0, 0.05) is 16.9 Å². The lowest BCUT2D eigenvalue weighted by Gasteiger charge is -1.99. The van der Waals surface area contributed by atoms with Gasteiger partial charge in [-0.15, -0.1) is 0 Å². The lowest BCUT2D eigenvalue weighted by molar-refractivity contribution is 1.24. The lowest BCUT2D eigenvalue weighted by Crippen LogP contribution is -1.85. The van der Waals surface area contributed by atoms with E-state index < -0.39 is 0 Å². The van der Waals surface area contributed by atoms with Gasteiger partial charge in [0.15, 0.2) is 0 Å². The van der Waals surface area contributed by atoms with Crippen LogP contribution >= 0.6 is 27.5 Å². The van der Waals surface area contributed by atoms with E-state index in [1.165, 1.54) is 0 Å². The zero-order chi connectivity index (χ0) is 9.97. The fraction of sp³-hybridized carbons (Fsp3) is 0. The van der Waals surface area contributed by atoms with E-state index in [2.05, 4.69) is 25.9 Å². The summed E-state index contributed by atoms with van der Waals surface area (Å²) < 4.78 is 0.985. The summed E-state index contributed by atoms with van der Waals surface area (Å²) in [7, 11) is 0. The van der Waals surface area contributed by atoms with Crippen molar-refractivity contribution in [1.29, 1.82) is 0 Å². The van der Waals surface area contributed by atoms with Crippen molar-refractivity contribution in [2.24, 2.45) is 0 Å². The van der Waals surface area contributed by atoms with E-state index in [-0.39, 0.29) is 0 Å². The first kappa shape index (κ1) is 9.62. The Morgan fingerprint density at radius 1 is 1.07 bits per heavy atom. The molecule has 2 nitrogen and oxygen atoms in total. The predicted octanol–water partition coefficient (Wildman–Crippen LogP) is 3.56. The number of nitrogens with zero attached hydrogens (tertiary/aromatic N) is 2. The van der Waals surface area contributed by atoms with Crippen LogP contribution in [-0.2, 0) is 0 Å². The molecular formula is C10H6BrClN2. The molecule has 2 aromatic heterocycles. The average Bonchev–Trinajstić information content (AvgIpc) is 2.19. The van der Waals surface area contributed by atoms with Crippen LogP contribution < -0.4 is 0 Å². The van der Waals surface area contributed by atoms with Crippen molar-refractivity contribution in [2.75, 3.05) is 0 Å². The van der Waals surface area contributed by atoms with Gasteiger partial charge in [-0.3, -0.25) is 9.97 Å². The Bertz CT molecular complexity index is 442. The van der Waals surface area contributed by atoms with Gasteiger partial charge in [-0.1, -0.05) is 27.5 Å². The molecule has 14 heavy (non-hydrogen) atoms. The van der Waals surface area contributed by atoms with Crippen molar-refractivity contribution in [2.45, 2.75) is 0 Å². The summed E-state index contributed by atoms with van der Waals surface area (Å²) in [5.41, 5.74) is 1.65. The highest BCUT2D eigenvalue weighted by Gasteiger charge is 2.00. The minimum absolute atomic E-state index is 0.628. The Kier molecular flexibility index (Phi) is 2.79. The van der Waals surface area contributed by atoms with E-state index in [9.17, 15) is 0 Å². The fourth-order valence-corrected chi connectivity index (χ4v) is 1.52. The molecule has 0 saturated carbocycles. The Balaban J connectivity index is 2.44. The molecule has 2 heterocycles. The van der Waals surface area contributed by atoms with Gasteiger partial charge >= 0.3 is 0 Å². The van der Waals surface area contributed by atoms with Crippen LogP contribution in [0.25, 0.3) is 11.4 Å². The smallest absolute Gasteiger partial charge is 0.0897 e. The molecule has 0 aliphatic carbocycles. The molecule has 0 aromatic carbocycles. The van der Waals surface area contributed by atoms with Crippen LogP contribution in [0, 0.1) is 0 Å². The number of pyridine rings is 2. The van der Waals surface area contributed by atoms with Gasteiger partial charge in [-0.05, 0) is 24.3 Å². The summed E-state index contributed by atoms with van der Waals surface area (Å²) >= 11 is 9.12. The number of hydrogen-bond acceptors (Lipinski definition) is 2. The molecule has 0 aliphatic rings. The molecular weight excluding hydrogens is 263 g/mol. The molecule has 0 aliphatic heterocycles. The molecule has 0 bridgehead atoms. The van der Waals surface area contributed by atoms with Gasteiger partial charge in [-0.25, -0.2) is 0 Å². The third-order valence-corrected chi connectivity index (χ3v) is 2.43. The monoisotopic (exact) mass is 268 g/mol. The van der Waals surface area contributed by atoms with Gasteiger partial charge in [0.2, 0.25) is 0 Å². The van der Waals surface area contributed by atoms with E-state index in [4.69, 9.17) is 11.6 Å². The van der Waals surface area contributed by atoms with Crippen LogP contribution in [0.2, 0.25) is 5.02 Å². The maximum atomic E-state index is 5.74. The standard InChI is InChI=1S/C10H6BrClN2/c11-7-3-4-13-10(5-7)9-2-1-8(12)6-14-9/h1-6H. The molecule has 0 radical (unpaired) electrons. The average molecular weight is 270 g/mol. The molecule has 0 amide bonds. The second kappa shape index (κ2) is 4.07. The van der Waals surface area contributed by atoms with Crippen LogP contribution in [0.1, 0.15) is 0 Å². The molecule has 0 N–H and O–H groups in total. The Hall–Kier alpha value is -0.930. The van der Waals surface area contributed by atoms with Gasteiger partial charge in [-0.2, -0.15) is 0 Å². The third-order valence-electron chi connectivity index (χ3n) is 1.71. The highest BCUT2D eigenvalue weighted by molar-refractivity contribution is 9.10. The summed E-state index contributed by atoms with van der Waals surface area (Å²) in [6.45, 7) is 0. The number of aromatic nitrogens is 2. The van der Waals surface area contributed by atoms with Crippen LogP contribution in [-0.4, -0.2) is 9.97 Å². The lowest BCUT2D eigenvalue weighted by atomic mass is 10.2. The van der Waals surface area contributed by atoms with Crippen molar-refractivity contribution in [3.8, 4) is 11.4 Å². The topological polar surface area (TPSA) is 25.8 Å². The van der Waals surface area contributed by atoms with Gasteiger partial charge < -0.3 is 0 Å². The molecule has 0 atom stereocenters. The van der Waals surface area contributed by atoms with E-state index >= 15 is 0 Å². The molecule has 0 unspecified atom stereocenters. The van der Waals surface area contributed by atoms with Crippen molar-refractivity contribution < 1.29 is 0 Å². The van der Waals surface area contributed by atoms with Crippen LogP contribution in [0.15, 0.2) is 41.1 Å². The number of rotatable bonds is 1. The van der Waals surface area contributed by atoms with E-state index in [1.54, 1.807) is 18.5 Å². The molecule has 2 aromatic rings. The highest BCUT2D eigenvalue weighted by Crippen LogP contribution is 2.19. The van der Waals surface area contributed by atoms with Crippen molar-refractivity contribution in [1.82, 2.24) is 9.97 Å². The fourth-order valence-electron chi connectivity index (χ4n) is 1.07. The summed E-state index contributed by atoms with van der Waals surface area (Å²) in [6.07, 6.45) is 3.34. The van der Waals surface area contributed by atoms with Crippen molar-refractivity contribution >= 4 is 27.5 Å². The van der Waals surface area contributed by atoms with Gasteiger partial charge in [0.05, 0.1) is 16.4 Å². The van der Waals surface area contributed by atoms with E-state index in [0.29, 0.717) is 5.02 Å². The second-order valence-corrected chi connectivity index (χ2v) is 4.07. The Labute approximate surface area is 95.1 Å². The normalized spacial score (nSPS) is 10.1. The Morgan fingerprint density at radius 3 is 2.57 bits per heavy atom. The van der Waals surface area contributed by atoms with Crippen molar-refractivity contribution in [3.63, 3.8) is 0 Å². The molecule has 0 saturated heterocycles. The number of hydrogen-bond donors (Lipinski definition) is 0. The van der Waals surface area contributed by atoms with Crippen LogP contribution in [0.5, 0.6) is 0 Å². The summed E-state index contributed by atoms with van der Waals surface area (Å²) in [5, 5.41) is 0.628. The van der Waals surface area contributed by atoms with Crippen LogP contribution in [0.4, 0.5) is 0 Å². The first-order chi connectivity index (χ1) is 6.75. The SMILES string of the molecule is Clc1ccc(-c2cc(Br)ccn2)nc1. The van der Waals surface area contributed by atoms with Crippen LogP contribution in [0.3, 0.4) is 0 Å². The van der Waals surface area contributed by atoms with E-state index in [0.717, 1.165) is 15.9 Å². The molecule has 4 heteroatoms. The zero-order valence-electron chi connectivity index (χ0n) is 7.11. The number of halogens is 2. The summed E-state index contributed by atoms with van der Waals surface area (Å²) in [6, 6.07) is 7.43. The zero-order valence-corrected chi connectivity index (χ0v) is 9.46. The second-order valence-electron chi connectivity index (χ2n) is 2.72. The third kappa shape index (κ3) is 2.11. The first-order valence-electron chi connectivity index (χ1n) is 3.99. The molecule has 0 fully saturated rings. The minimum Gasteiger partial charge on any atom is -0.255 e. The van der Waals surface area contributed by atoms with Crippen molar-refractivity contribution in [3.05, 3.63) is 46.2 Å². The highest BCUT2D eigenvalue weighted by atomic mass is 79.9. The largest absolute Gasteiger partial charge is 0.255 e. The predicted molar refractivity (Wildman–Crippen MR) is 60.2 cm³/mol. The maximum Gasteiger partial charge on any atom is 0.0897 e. The minimum atomic E-state index is 0.628.